The molecule has 0 aliphatic rings. The minimum absolute atomic E-state index is 0.188. The molecule has 0 spiro atoms. The van der Waals surface area contributed by atoms with Crippen LogP contribution in [-0.4, -0.2) is 34.7 Å². The lowest BCUT2D eigenvalue weighted by atomic mass is 10.1. The lowest BCUT2D eigenvalue weighted by Gasteiger charge is -2.29. The van der Waals surface area contributed by atoms with Crippen molar-refractivity contribution in [3.8, 4) is 0 Å². The average molecular weight is 299 g/mol. The molecule has 0 saturated carbocycles. The van der Waals surface area contributed by atoms with Crippen LogP contribution in [-0.2, 0) is 0 Å². The zero-order valence-electron chi connectivity index (χ0n) is 12.5. The Morgan fingerprint density at radius 1 is 1.45 bits per heavy atom. The van der Waals surface area contributed by atoms with E-state index in [9.17, 15) is 9.90 Å². The van der Waals surface area contributed by atoms with Gasteiger partial charge in [0.2, 0.25) is 0 Å². The molecule has 1 aromatic rings. The first-order valence-electron chi connectivity index (χ1n) is 6.77. The molecule has 0 heterocycles. The van der Waals surface area contributed by atoms with Gasteiger partial charge in [-0.15, -0.1) is 0 Å². The minimum Gasteiger partial charge on any atom is -0.389 e. The number of urea groups is 1. The van der Waals surface area contributed by atoms with Crippen LogP contribution in [0.2, 0.25) is 5.02 Å². The molecule has 0 saturated heterocycles. The van der Waals surface area contributed by atoms with Crippen molar-refractivity contribution in [1.29, 1.82) is 0 Å². The van der Waals surface area contributed by atoms with Gasteiger partial charge in [-0.1, -0.05) is 29.8 Å². The highest BCUT2D eigenvalue weighted by atomic mass is 35.5. The van der Waals surface area contributed by atoms with Crippen molar-refractivity contribution >= 4 is 17.6 Å². The van der Waals surface area contributed by atoms with E-state index in [1.807, 2.05) is 32.0 Å². The van der Waals surface area contributed by atoms with Crippen molar-refractivity contribution in [1.82, 2.24) is 10.2 Å². The Morgan fingerprint density at radius 3 is 2.55 bits per heavy atom. The summed E-state index contributed by atoms with van der Waals surface area (Å²) in [6, 6.07) is 7.04. The number of amides is 2. The van der Waals surface area contributed by atoms with Crippen LogP contribution in [0.3, 0.4) is 0 Å². The number of carbonyl (C=O) groups is 1. The number of nitrogens with zero attached hydrogens (tertiary/aromatic N) is 1. The quantitative estimate of drug-likeness (QED) is 0.877. The Labute approximate surface area is 125 Å². The second-order valence-corrected chi connectivity index (χ2v) is 5.93. The van der Waals surface area contributed by atoms with Crippen LogP contribution in [0.25, 0.3) is 0 Å². The molecule has 0 radical (unpaired) electrons. The lowest BCUT2D eigenvalue weighted by Crippen LogP contribution is -2.47. The first kappa shape index (κ1) is 16.8. The number of rotatable bonds is 5. The van der Waals surface area contributed by atoms with Gasteiger partial charge in [0.25, 0.3) is 0 Å². The third-order valence-electron chi connectivity index (χ3n) is 2.96. The van der Waals surface area contributed by atoms with Crippen LogP contribution in [0.15, 0.2) is 24.3 Å². The van der Waals surface area contributed by atoms with Gasteiger partial charge >= 0.3 is 6.03 Å². The van der Waals surface area contributed by atoms with Crippen molar-refractivity contribution in [3.63, 3.8) is 0 Å². The lowest BCUT2D eigenvalue weighted by molar-refractivity contribution is 0.0476. The Balaban J connectivity index is 2.71. The number of benzene rings is 1. The fourth-order valence-electron chi connectivity index (χ4n) is 1.97. The molecule has 1 aromatic carbocycles. The molecule has 1 atom stereocenters. The minimum atomic E-state index is -0.916. The number of carbonyl (C=O) groups excluding carboxylic acids is 1. The van der Waals surface area contributed by atoms with E-state index in [0.29, 0.717) is 11.6 Å². The van der Waals surface area contributed by atoms with Gasteiger partial charge in [-0.3, -0.25) is 0 Å². The topological polar surface area (TPSA) is 52.6 Å². The number of halogens is 1. The summed E-state index contributed by atoms with van der Waals surface area (Å²) in [5.74, 6) is 0. The number of hydrogen-bond acceptors (Lipinski definition) is 2. The van der Waals surface area contributed by atoms with Crippen molar-refractivity contribution in [2.45, 2.75) is 39.3 Å². The molecule has 0 bridgehead atoms. The third-order valence-corrected chi connectivity index (χ3v) is 3.30. The van der Waals surface area contributed by atoms with E-state index in [-0.39, 0.29) is 18.6 Å². The van der Waals surface area contributed by atoms with Gasteiger partial charge in [0, 0.05) is 11.6 Å². The molecule has 0 aliphatic carbocycles. The molecule has 0 aliphatic heterocycles. The summed E-state index contributed by atoms with van der Waals surface area (Å²) in [6.45, 7) is 7.94. The van der Waals surface area contributed by atoms with Crippen molar-refractivity contribution in [3.05, 3.63) is 34.9 Å². The smallest absolute Gasteiger partial charge is 0.317 e. The molecule has 4 nitrogen and oxygen atoms in total. The van der Waals surface area contributed by atoms with Gasteiger partial charge in [-0.2, -0.15) is 0 Å². The molecule has 2 N–H and O–H groups in total. The maximum Gasteiger partial charge on any atom is 0.317 e. The highest BCUT2D eigenvalue weighted by Gasteiger charge is 2.22. The molecule has 0 aromatic heterocycles. The Kier molecular flexibility index (Phi) is 5.84. The Hall–Kier alpha value is -1.26. The first-order valence-corrected chi connectivity index (χ1v) is 7.14. The molecule has 1 rings (SSSR count). The predicted octanol–water partition coefficient (Wildman–Crippen LogP) is 3.20. The van der Waals surface area contributed by atoms with E-state index in [0.717, 1.165) is 5.56 Å². The van der Waals surface area contributed by atoms with Crippen LogP contribution in [0.1, 0.15) is 39.3 Å². The standard InChI is InChI=1S/C15H23ClN2O2/c1-5-18(10-15(3,4)20)14(19)17-11(2)12-8-6-7-9-13(12)16/h6-9,11,20H,5,10H2,1-4H3,(H,17,19). The van der Waals surface area contributed by atoms with Crippen molar-refractivity contribution in [2.24, 2.45) is 0 Å². The normalized spacial score (nSPS) is 12.9. The number of aliphatic hydroxyl groups is 1. The van der Waals surface area contributed by atoms with Crippen molar-refractivity contribution in [2.75, 3.05) is 13.1 Å². The van der Waals surface area contributed by atoms with Gasteiger partial charge in [0.15, 0.2) is 0 Å². The number of nitrogens with one attached hydrogen (secondary N) is 1. The van der Waals surface area contributed by atoms with Gasteiger partial charge in [-0.25, -0.2) is 4.79 Å². The van der Waals surface area contributed by atoms with E-state index >= 15 is 0 Å². The molecule has 112 valence electrons. The second-order valence-electron chi connectivity index (χ2n) is 5.52. The highest BCUT2D eigenvalue weighted by molar-refractivity contribution is 6.31. The number of likely N-dealkylation sites (N-methyl/N-ethyl adjacent to an activating group) is 1. The van der Waals surface area contributed by atoms with Crippen molar-refractivity contribution < 1.29 is 9.90 Å². The van der Waals surface area contributed by atoms with E-state index in [1.165, 1.54) is 0 Å². The predicted molar refractivity (Wildman–Crippen MR) is 81.9 cm³/mol. The van der Waals surface area contributed by atoms with E-state index in [4.69, 9.17) is 11.6 Å². The maximum atomic E-state index is 12.2. The van der Waals surface area contributed by atoms with E-state index < -0.39 is 5.60 Å². The first-order chi connectivity index (χ1) is 9.24. The second kappa shape index (κ2) is 6.95. The molecule has 2 amide bonds. The SMILES string of the molecule is CCN(CC(C)(C)O)C(=O)NC(C)c1ccccc1Cl. The largest absolute Gasteiger partial charge is 0.389 e. The van der Waals surface area contributed by atoms with E-state index in [1.54, 1.807) is 24.8 Å². The highest BCUT2D eigenvalue weighted by Crippen LogP contribution is 2.22. The summed E-state index contributed by atoms with van der Waals surface area (Å²) in [5, 5.41) is 13.4. The average Bonchev–Trinajstić information content (AvgIpc) is 2.35. The van der Waals surface area contributed by atoms with Crippen LogP contribution < -0.4 is 5.32 Å². The molecular weight excluding hydrogens is 276 g/mol. The van der Waals surface area contributed by atoms with Crippen LogP contribution in [0.4, 0.5) is 4.79 Å². The monoisotopic (exact) mass is 298 g/mol. The summed E-state index contributed by atoms with van der Waals surface area (Å²) < 4.78 is 0. The third kappa shape index (κ3) is 5.02. The fourth-order valence-corrected chi connectivity index (χ4v) is 2.27. The summed E-state index contributed by atoms with van der Waals surface area (Å²) in [4.78, 5) is 13.8. The van der Waals surface area contributed by atoms with Crippen LogP contribution >= 0.6 is 11.6 Å². The van der Waals surface area contributed by atoms with Gasteiger partial charge in [-0.05, 0) is 39.3 Å². The van der Waals surface area contributed by atoms with Gasteiger partial charge in [0.1, 0.15) is 0 Å². The summed E-state index contributed by atoms with van der Waals surface area (Å²) >= 11 is 6.12. The fraction of sp³-hybridized carbons (Fsp3) is 0.533. The maximum absolute atomic E-state index is 12.2. The zero-order valence-corrected chi connectivity index (χ0v) is 13.2. The summed E-state index contributed by atoms with van der Waals surface area (Å²) in [5.41, 5.74) is -0.0390. The number of hydrogen-bond donors (Lipinski definition) is 2. The molecule has 1 unspecified atom stereocenters. The van der Waals surface area contributed by atoms with Gasteiger partial charge in [0.05, 0.1) is 18.2 Å². The van der Waals surface area contributed by atoms with Crippen LogP contribution in [0.5, 0.6) is 0 Å². The van der Waals surface area contributed by atoms with Gasteiger partial charge < -0.3 is 15.3 Å². The molecule has 0 fully saturated rings. The van der Waals surface area contributed by atoms with Crippen LogP contribution in [0, 0.1) is 0 Å². The molecule has 20 heavy (non-hydrogen) atoms. The Bertz CT molecular complexity index is 457. The Morgan fingerprint density at radius 2 is 2.05 bits per heavy atom. The molecular formula is C15H23ClN2O2. The zero-order chi connectivity index (χ0) is 15.3. The summed E-state index contributed by atoms with van der Waals surface area (Å²) in [7, 11) is 0. The molecule has 5 heteroatoms. The summed E-state index contributed by atoms with van der Waals surface area (Å²) in [6.07, 6.45) is 0. The van der Waals surface area contributed by atoms with E-state index in [2.05, 4.69) is 5.32 Å².